The Hall–Kier alpha value is -1.92. The van der Waals surface area contributed by atoms with Gasteiger partial charge < -0.3 is 11.1 Å². The summed E-state index contributed by atoms with van der Waals surface area (Å²) < 4.78 is 24.8. The molecule has 4 rings (SSSR count). The normalized spacial score (nSPS) is 20.8. The van der Waals surface area contributed by atoms with E-state index in [9.17, 15) is 8.42 Å². The van der Waals surface area contributed by atoms with Gasteiger partial charge in [0.15, 0.2) is 9.84 Å². The molecule has 2 aromatic rings. The molecule has 3 N–H and O–H groups in total. The van der Waals surface area contributed by atoms with E-state index >= 15 is 0 Å². The topological polar surface area (TPSA) is 95.0 Å². The van der Waals surface area contributed by atoms with Crippen molar-refractivity contribution in [2.75, 3.05) is 12.3 Å². The Kier molecular flexibility index (Phi) is 2.99. The summed E-state index contributed by atoms with van der Waals surface area (Å²) in [6, 6.07) is 11.0. The quantitative estimate of drug-likeness (QED) is 0.840. The molecule has 1 aliphatic heterocycles. The van der Waals surface area contributed by atoms with Crippen molar-refractivity contribution in [3.8, 4) is 11.1 Å². The van der Waals surface area contributed by atoms with Crippen molar-refractivity contribution in [1.82, 2.24) is 10.3 Å². The maximum absolute atomic E-state index is 12.4. The van der Waals surface area contributed by atoms with Crippen LogP contribution in [0.5, 0.6) is 0 Å². The molecular formula is C16H17N3O2S. The van der Waals surface area contributed by atoms with Gasteiger partial charge in [-0.15, -0.1) is 0 Å². The number of nitrogens with one attached hydrogen (secondary N) is 1. The third kappa shape index (κ3) is 2.38. The van der Waals surface area contributed by atoms with Crippen molar-refractivity contribution in [1.29, 1.82) is 0 Å². The number of hydrogen-bond acceptors (Lipinski definition) is 5. The SMILES string of the molecule is Nc1ccc(-c2cccc(S(=O)(=O)C3CC3)c2)c(C2CN2)n1. The summed E-state index contributed by atoms with van der Waals surface area (Å²) in [6.07, 6.45) is 1.54. The van der Waals surface area contributed by atoms with Crippen molar-refractivity contribution in [3.05, 3.63) is 42.1 Å². The third-order valence-electron chi connectivity index (χ3n) is 4.12. The standard InChI is InChI=1S/C16H17N3O2S/c17-15-7-6-13(16(19-15)14-9-18-14)10-2-1-3-12(8-10)22(20,21)11-4-5-11/h1-3,6-8,11,14,18H,4-5,9H2,(H2,17,19). The first kappa shape index (κ1) is 13.7. The zero-order valence-corrected chi connectivity index (χ0v) is 12.8. The zero-order valence-electron chi connectivity index (χ0n) is 12.0. The van der Waals surface area contributed by atoms with E-state index < -0.39 is 9.84 Å². The summed E-state index contributed by atoms with van der Waals surface area (Å²) in [4.78, 5) is 4.82. The predicted molar refractivity (Wildman–Crippen MR) is 85.0 cm³/mol. The highest BCUT2D eigenvalue weighted by atomic mass is 32.2. The number of aromatic nitrogens is 1. The van der Waals surface area contributed by atoms with Crippen LogP contribution in [0.3, 0.4) is 0 Å². The van der Waals surface area contributed by atoms with Crippen LogP contribution in [0, 0.1) is 0 Å². The fourth-order valence-electron chi connectivity index (χ4n) is 2.66. The number of nitrogens with zero attached hydrogens (tertiary/aromatic N) is 1. The summed E-state index contributed by atoms with van der Waals surface area (Å²) in [6.45, 7) is 0.878. The number of anilines is 1. The first-order valence-corrected chi connectivity index (χ1v) is 8.94. The lowest BCUT2D eigenvalue weighted by molar-refractivity contribution is 0.595. The largest absolute Gasteiger partial charge is 0.384 e. The summed E-state index contributed by atoms with van der Waals surface area (Å²) >= 11 is 0. The lowest BCUT2D eigenvalue weighted by atomic mass is 10.0. The minimum absolute atomic E-state index is 0.197. The molecule has 6 heteroatoms. The predicted octanol–water partition coefficient (Wildman–Crippen LogP) is 1.91. The van der Waals surface area contributed by atoms with E-state index in [1.54, 1.807) is 24.3 Å². The lowest BCUT2D eigenvalue weighted by Gasteiger charge is -2.10. The molecule has 1 atom stereocenters. The van der Waals surface area contributed by atoms with Gasteiger partial charge >= 0.3 is 0 Å². The average Bonchev–Trinajstić information content (AvgIpc) is 3.40. The van der Waals surface area contributed by atoms with Gasteiger partial charge in [0.2, 0.25) is 0 Å². The first-order chi connectivity index (χ1) is 10.6. The third-order valence-corrected chi connectivity index (χ3v) is 6.38. The number of pyridine rings is 1. The molecule has 0 amide bonds. The molecule has 2 aliphatic rings. The van der Waals surface area contributed by atoms with E-state index in [0.29, 0.717) is 10.7 Å². The minimum Gasteiger partial charge on any atom is -0.384 e. The van der Waals surface area contributed by atoms with Crippen LogP contribution in [0.2, 0.25) is 0 Å². The fraction of sp³-hybridized carbons (Fsp3) is 0.312. The molecule has 1 aromatic heterocycles. The zero-order chi connectivity index (χ0) is 15.3. The monoisotopic (exact) mass is 315 g/mol. The fourth-order valence-corrected chi connectivity index (χ4v) is 4.37. The Bertz CT molecular complexity index is 840. The van der Waals surface area contributed by atoms with Crippen molar-refractivity contribution in [2.24, 2.45) is 0 Å². The first-order valence-electron chi connectivity index (χ1n) is 7.40. The van der Waals surface area contributed by atoms with Crippen LogP contribution in [0.1, 0.15) is 24.6 Å². The molecule has 114 valence electrons. The summed E-state index contributed by atoms with van der Waals surface area (Å²) in [5.74, 6) is 0.481. The molecule has 5 nitrogen and oxygen atoms in total. The highest BCUT2D eigenvalue weighted by Gasteiger charge is 2.37. The Morgan fingerprint density at radius 2 is 1.95 bits per heavy atom. The number of benzene rings is 1. The molecule has 2 fully saturated rings. The highest BCUT2D eigenvalue weighted by Crippen LogP contribution is 2.36. The van der Waals surface area contributed by atoms with E-state index in [4.69, 9.17) is 5.73 Å². The second-order valence-corrected chi connectivity index (χ2v) is 8.13. The van der Waals surface area contributed by atoms with E-state index in [1.165, 1.54) is 0 Å². The van der Waals surface area contributed by atoms with Gasteiger partial charge in [0.1, 0.15) is 5.82 Å². The number of nitrogens with two attached hydrogens (primary N) is 1. The van der Waals surface area contributed by atoms with Crippen molar-refractivity contribution in [2.45, 2.75) is 29.0 Å². The second kappa shape index (κ2) is 4.79. The molecule has 2 heterocycles. The Morgan fingerprint density at radius 3 is 2.64 bits per heavy atom. The van der Waals surface area contributed by atoms with Crippen LogP contribution in [0.25, 0.3) is 11.1 Å². The average molecular weight is 315 g/mol. The van der Waals surface area contributed by atoms with Gasteiger partial charge in [0.05, 0.1) is 21.9 Å². The smallest absolute Gasteiger partial charge is 0.181 e. The maximum Gasteiger partial charge on any atom is 0.181 e. The summed E-state index contributed by atoms with van der Waals surface area (Å²) in [5.41, 5.74) is 8.49. The van der Waals surface area contributed by atoms with E-state index in [-0.39, 0.29) is 11.3 Å². The molecular weight excluding hydrogens is 298 g/mol. The Balaban J connectivity index is 1.81. The van der Waals surface area contributed by atoms with Gasteiger partial charge in [-0.2, -0.15) is 0 Å². The molecule has 1 saturated carbocycles. The van der Waals surface area contributed by atoms with Crippen molar-refractivity contribution in [3.63, 3.8) is 0 Å². The van der Waals surface area contributed by atoms with Crippen LogP contribution >= 0.6 is 0 Å². The van der Waals surface area contributed by atoms with E-state index in [2.05, 4.69) is 10.3 Å². The highest BCUT2D eigenvalue weighted by molar-refractivity contribution is 7.92. The maximum atomic E-state index is 12.4. The van der Waals surface area contributed by atoms with Crippen LogP contribution < -0.4 is 11.1 Å². The Morgan fingerprint density at radius 1 is 1.18 bits per heavy atom. The molecule has 0 radical (unpaired) electrons. The van der Waals surface area contributed by atoms with E-state index in [1.807, 2.05) is 12.1 Å². The number of nitrogen functional groups attached to an aromatic ring is 1. The van der Waals surface area contributed by atoms with Gasteiger partial charge in [-0.3, -0.25) is 0 Å². The number of rotatable bonds is 4. The van der Waals surface area contributed by atoms with Crippen LogP contribution in [0.15, 0.2) is 41.3 Å². The van der Waals surface area contributed by atoms with Gasteiger partial charge in [-0.1, -0.05) is 12.1 Å². The van der Waals surface area contributed by atoms with Gasteiger partial charge in [-0.25, -0.2) is 13.4 Å². The molecule has 0 bridgehead atoms. The molecule has 0 spiro atoms. The van der Waals surface area contributed by atoms with Gasteiger partial charge in [0.25, 0.3) is 0 Å². The number of sulfone groups is 1. The number of hydrogen-bond donors (Lipinski definition) is 2. The van der Waals surface area contributed by atoms with Crippen LogP contribution in [-0.2, 0) is 9.84 Å². The van der Waals surface area contributed by atoms with Gasteiger partial charge in [0, 0.05) is 12.1 Å². The van der Waals surface area contributed by atoms with Gasteiger partial charge in [-0.05, 0) is 42.7 Å². The molecule has 1 unspecified atom stereocenters. The van der Waals surface area contributed by atoms with Crippen LogP contribution in [-0.4, -0.2) is 25.2 Å². The summed E-state index contributed by atoms with van der Waals surface area (Å²) in [7, 11) is -3.18. The minimum atomic E-state index is -3.18. The molecule has 1 aliphatic carbocycles. The van der Waals surface area contributed by atoms with Crippen molar-refractivity contribution < 1.29 is 8.42 Å². The van der Waals surface area contributed by atoms with Crippen LogP contribution in [0.4, 0.5) is 5.82 Å². The molecule has 1 saturated heterocycles. The second-order valence-electron chi connectivity index (χ2n) is 5.90. The molecule has 22 heavy (non-hydrogen) atoms. The van der Waals surface area contributed by atoms with Crippen molar-refractivity contribution >= 4 is 15.7 Å². The van der Waals surface area contributed by atoms with E-state index in [0.717, 1.165) is 36.2 Å². The lowest BCUT2D eigenvalue weighted by Crippen LogP contribution is -2.07. The summed E-state index contributed by atoms with van der Waals surface area (Å²) in [5, 5.41) is 3.03. The Labute approximate surface area is 129 Å². The molecule has 1 aromatic carbocycles.